The molecule has 1 aromatic carbocycles. The number of hydrogen-bond acceptors (Lipinski definition) is 3. The summed E-state index contributed by atoms with van der Waals surface area (Å²) in [5.74, 6) is 1.08. The molecular formula is C11H12I2O3. The number of rotatable bonds is 2. The van der Waals surface area contributed by atoms with E-state index >= 15 is 0 Å². The summed E-state index contributed by atoms with van der Waals surface area (Å²) in [7, 11) is 0. The fourth-order valence-corrected chi connectivity index (χ4v) is 2.57. The highest BCUT2D eigenvalue weighted by atomic mass is 127. The number of phenols is 1. The number of aromatic hydroxyl groups is 1. The Morgan fingerprint density at radius 3 is 2.75 bits per heavy atom. The lowest BCUT2D eigenvalue weighted by Gasteiger charge is -2.24. The van der Waals surface area contributed by atoms with Crippen molar-refractivity contribution in [2.24, 2.45) is 0 Å². The van der Waals surface area contributed by atoms with Crippen LogP contribution in [-0.2, 0) is 4.74 Å². The van der Waals surface area contributed by atoms with E-state index in [4.69, 9.17) is 9.47 Å². The van der Waals surface area contributed by atoms with Crippen molar-refractivity contribution in [3.05, 3.63) is 19.3 Å². The van der Waals surface area contributed by atoms with E-state index in [1.165, 1.54) is 0 Å². The second kappa shape index (κ2) is 5.72. The molecule has 0 amide bonds. The second-order valence-corrected chi connectivity index (χ2v) is 5.97. The molecule has 16 heavy (non-hydrogen) atoms. The molecule has 1 heterocycles. The minimum absolute atomic E-state index is 0.136. The third kappa shape index (κ3) is 3.13. The number of ether oxygens (including phenoxy) is 2. The predicted octanol–water partition coefficient (Wildman–Crippen LogP) is 3.51. The maximum atomic E-state index is 9.53. The highest BCUT2D eigenvalue weighted by molar-refractivity contribution is 14.1. The van der Waals surface area contributed by atoms with Gasteiger partial charge in [-0.2, -0.15) is 0 Å². The third-order valence-corrected chi connectivity index (χ3v) is 4.10. The number of benzene rings is 1. The van der Waals surface area contributed by atoms with Crippen LogP contribution in [0.1, 0.15) is 19.3 Å². The molecular weight excluding hydrogens is 434 g/mol. The average Bonchev–Trinajstić information content (AvgIpc) is 2.27. The van der Waals surface area contributed by atoms with Gasteiger partial charge in [0.15, 0.2) is 6.29 Å². The van der Waals surface area contributed by atoms with E-state index in [2.05, 4.69) is 45.2 Å². The molecule has 1 saturated heterocycles. The van der Waals surface area contributed by atoms with Crippen LogP contribution in [0.2, 0.25) is 0 Å². The van der Waals surface area contributed by atoms with Gasteiger partial charge in [0.25, 0.3) is 0 Å². The normalized spacial score (nSPS) is 20.8. The van der Waals surface area contributed by atoms with Crippen LogP contribution in [0.15, 0.2) is 12.1 Å². The first-order valence-corrected chi connectivity index (χ1v) is 7.29. The molecule has 1 atom stereocenters. The van der Waals surface area contributed by atoms with Crippen LogP contribution < -0.4 is 4.74 Å². The molecule has 1 aliphatic rings. The predicted molar refractivity (Wildman–Crippen MR) is 77.8 cm³/mol. The Bertz CT molecular complexity index is 376. The van der Waals surface area contributed by atoms with Crippen molar-refractivity contribution in [2.75, 3.05) is 6.61 Å². The van der Waals surface area contributed by atoms with Crippen molar-refractivity contribution in [3.8, 4) is 11.5 Å². The molecule has 0 radical (unpaired) electrons. The summed E-state index contributed by atoms with van der Waals surface area (Å²) in [5, 5.41) is 9.53. The van der Waals surface area contributed by atoms with Crippen LogP contribution in [0.4, 0.5) is 0 Å². The smallest absolute Gasteiger partial charge is 0.199 e. The van der Waals surface area contributed by atoms with Crippen LogP contribution in [0.3, 0.4) is 0 Å². The van der Waals surface area contributed by atoms with Gasteiger partial charge in [-0.15, -0.1) is 0 Å². The maximum Gasteiger partial charge on any atom is 0.199 e. The van der Waals surface area contributed by atoms with Crippen molar-refractivity contribution in [3.63, 3.8) is 0 Å². The first-order valence-electron chi connectivity index (χ1n) is 5.13. The first-order chi connectivity index (χ1) is 7.66. The number of halogens is 2. The van der Waals surface area contributed by atoms with Gasteiger partial charge in [0, 0.05) is 6.42 Å². The minimum Gasteiger partial charge on any atom is -0.507 e. The Morgan fingerprint density at radius 1 is 1.25 bits per heavy atom. The van der Waals surface area contributed by atoms with Gasteiger partial charge < -0.3 is 14.6 Å². The molecule has 3 nitrogen and oxygen atoms in total. The lowest BCUT2D eigenvalue weighted by Crippen LogP contribution is -2.25. The maximum absolute atomic E-state index is 9.53. The molecule has 1 aromatic rings. The lowest BCUT2D eigenvalue weighted by molar-refractivity contribution is -0.106. The minimum atomic E-state index is -0.136. The van der Waals surface area contributed by atoms with Gasteiger partial charge in [-0.3, -0.25) is 0 Å². The average molecular weight is 446 g/mol. The van der Waals surface area contributed by atoms with E-state index in [0.29, 0.717) is 5.75 Å². The molecule has 2 rings (SSSR count). The van der Waals surface area contributed by atoms with Gasteiger partial charge in [-0.25, -0.2) is 0 Å². The van der Waals surface area contributed by atoms with E-state index in [1.807, 2.05) is 6.07 Å². The van der Waals surface area contributed by atoms with E-state index in [9.17, 15) is 5.11 Å². The van der Waals surface area contributed by atoms with Crippen LogP contribution in [0.25, 0.3) is 0 Å². The molecule has 0 saturated carbocycles. The van der Waals surface area contributed by atoms with Gasteiger partial charge >= 0.3 is 0 Å². The van der Waals surface area contributed by atoms with E-state index in [0.717, 1.165) is 38.8 Å². The Kier molecular flexibility index (Phi) is 4.54. The number of phenolic OH excluding ortho intramolecular Hbond substituents is 1. The van der Waals surface area contributed by atoms with Crippen molar-refractivity contribution in [1.29, 1.82) is 0 Å². The summed E-state index contributed by atoms with van der Waals surface area (Å²) in [6.07, 6.45) is 3.07. The highest BCUT2D eigenvalue weighted by Gasteiger charge is 2.17. The molecule has 5 heteroatoms. The molecule has 0 spiro atoms. The zero-order chi connectivity index (χ0) is 11.5. The molecule has 1 fully saturated rings. The Labute approximate surface area is 122 Å². The van der Waals surface area contributed by atoms with Crippen LogP contribution in [0.5, 0.6) is 11.5 Å². The third-order valence-electron chi connectivity index (χ3n) is 2.40. The molecule has 0 aromatic heterocycles. The van der Waals surface area contributed by atoms with Gasteiger partial charge in [0.1, 0.15) is 11.5 Å². The van der Waals surface area contributed by atoms with Gasteiger partial charge in [-0.1, -0.05) is 0 Å². The van der Waals surface area contributed by atoms with E-state index in [1.54, 1.807) is 6.07 Å². The summed E-state index contributed by atoms with van der Waals surface area (Å²) in [4.78, 5) is 0. The molecule has 88 valence electrons. The summed E-state index contributed by atoms with van der Waals surface area (Å²) in [6.45, 7) is 0.774. The van der Waals surface area contributed by atoms with Crippen molar-refractivity contribution in [1.82, 2.24) is 0 Å². The Morgan fingerprint density at radius 2 is 2.06 bits per heavy atom. The summed E-state index contributed by atoms with van der Waals surface area (Å²) < 4.78 is 13.0. The Hall–Kier alpha value is 0.240. The largest absolute Gasteiger partial charge is 0.507 e. The summed E-state index contributed by atoms with van der Waals surface area (Å²) in [5.41, 5.74) is 0. The fraction of sp³-hybridized carbons (Fsp3) is 0.455. The fourth-order valence-electron chi connectivity index (χ4n) is 1.55. The van der Waals surface area contributed by atoms with Gasteiger partial charge in [0.2, 0.25) is 0 Å². The van der Waals surface area contributed by atoms with Crippen molar-refractivity contribution < 1.29 is 14.6 Å². The van der Waals surface area contributed by atoms with Crippen LogP contribution >= 0.6 is 45.2 Å². The first kappa shape index (κ1) is 12.7. The zero-order valence-electron chi connectivity index (χ0n) is 8.58. The van der Waals surface area contributed by atoms with E-state index in [-0.39, 0.29) is 6.29 Å². The molecule has 1 N–H and O–H groups in total. The zero-order valence-corrected chi connectivity index (χ0v) is 12.9. The van der Waals surface area contributed by atoms with Crippen molar-refractivity contribution >= 4 is 45.2 Å². The molecule has 0 bridgehead atoms. The number of hydrogen-bond donors (Lipinski definition) is 1. The van der Waals surface area contributed by atoms with Crippen LogP contribution in [0, 0.1) is 7.14 Å². The monoisotopic (exact) mass is 446 g/mol. The van der Waals surface area contributed by atoms with Crippen molar-refractivity contribution in [2.45, 2.75) is 25.6 Å². The topological polar surface area (TPSA) is 38.7 Å². The molecule has 0 aliphatic carbocycles. The second-order valence-electron chi connectivity index (χ2n) is 3.65. The molecule has 1 unspecified atom stereocenters. The van der Waals surface area contributed by atoms with Gasteiger partial charge in [-0.05, 0) is 70.2 Å². The van der Waals surface area contributed by atoms with Crippen LogP contribution in [-0.4, -0.2) is 18.0 Å². The molecule has 1 aliphatic heterocycles. The quantitative estimate of drug-likeness (QED) is 0.708. The SMILES string of the molecule is Oc1cc(I)c(OC2CCCCO2)cc1I. The summed E-state index contributed by atoms with van der Waals surface area (Å²) in [6, 6.07) is 3.55. The highest BCUT2D eigenvalue weighted by Crippen LogP contribution is 2.31. The standard InChI is InChI=1S/C11H12I2O3/c12-7-6-10(8(13)5-9(7)14)16-11-3-1-2-4-15-11/h5-6,11,14H,1-4H2. The van der Waals surface area contributed by atoms with Gasteiger partial charge in [0.05, 0.1) is 13.7 Å². The Balaban J connectivity index is 2.11. The van der Waals surface area contributed by atoms with E-state index < -0.39 is 0 Å². The lowest BCUT2D eigenvalue weighted by atomic mass is 10.2. The summed E-state index contributed by atoms with van der Waals surface area (Å²) >= 11 is 4.24.